The summed E-state index contributed by atoms with van der Waals surface area (Å²) in [4.78, 5) is 17.5. The molecule has 18 heavy (non-hydrogen) atoms. The van der Waals surface area contributed by atoms with Gasteiger partial charge in [-0.2, -0.15) is 9.36 Å². The number of carbonyl (C=O) groups excluding carboxylic acids is 1. The van der Waals surface area contributed by atoms with Crippen molar-refractivity contribution in [1.82, 2.24) is 9.36 Å². The lowest BCUT2D eigenvalue weighted by Gasteiger charge is -2.11. The van der Waals surface area contributed by atoms with Gasteiger partial charge in [0, 0.05) is 41.1 Å². The number of aromatic nitrogens is 2. The first-order valence-electron chi connectivity index (χ1n) is 4.99. The molecule has 6 nitrogen and oxygen atoms in total. The van der Waals surface area contributed by atoms with Crippen molar-refractivity contribution < 1.29 is 13.2 Å². The standard InChI is InChI=1S/C8H10ClN3O3S3/c1-16-7-10-8(17-11-7)12-3-5(2-6(12)13)4-18(9,14)15/h5H,2-4H2,1H3. The Kier molecular flexibility index (Phi) is 4.15. The lowest BCUT2D eigenvalue weighted by atomic mass is 10.1. The molecule has 0 aliphatic carbocycles. The zero-order valence-electron chi connectivity index (χ0n) is 9.37. The van der Waals surface area contributed by atoms with E-state index in [0.29, 0.717) is 16.8 Å². The van der Waals surface area contributed by atoms with Crippen LogP contribution in [-0.2, 0) is 13.8 Å². The van der Waals surface area contributed by atoms with Gasteiger partial charge in [0.05, 0.1) is 5.75 Å². The van der Waals surface area contributed by atoms with E-state index in [-0.39, 0.29) is 24.0 Å². The Balaban J connectivity index is 2.09. The highest BCUT2D eigenvalue weighted by molar-refractivity contribution is 8.13. The van der Waals surface area contributed by atoms with Gasteiger partial charge in [-0.25, -0.2) is 8.42 Å². The second kappa shape index (κ2) is 5.32. The van der Waals surface area contributed by atoms with Crippen LogP contribution in [0.15, 0.2) is 5.16 Å². The molecule has 1 saturated heterocycles. The molecule has 0 bridgehead atoms. The number of rotatable bonds is 4. The molecule has 0 N–H and O–H groups in total. The fourth-order valence-corrected chi connectivity index (χ4v) is 4.32. The van der Waals surface area contributed by atoms with Crippen molar-refractivity contribution >= 4 is 54.1 Å². The third kappa shape index (κ3) is 3.34. The quantitative estimate of drug-likeness (QED) is 0.610. The van der Waals surface area contributed by atoms with Crippen LogP contribution in [-0.4, -0.2) is 42.2 Å². The summed E-state index contributed by atoms with van der Waals surface area (Å²) < 4.78 is 26.1. The molecule has 2 rings (SSSR count). The highest BCUT2D eigenvalue weighted by Crippen LogP contribution is 2.29. The smallest absolute Gasteiger partial charge is 0.232 e. The van der Waals surface area contributed by atoms with Crippen LogP contribution in [0.3, 0.4) is 0 Å². The topological polar surface area (TPSA) is 80.2 Å². The van der Waals surface area contributed by atoms with Gasteiger partial charge in [-0.1, -0.05) is 11.8 Å². The van der Waals surface area contributed by atoms with Crippen LogP contribution >= 0.6 is 34.0 Å². The number of hydrogen-bond acceptors (Lipinski definition) is 7. The molecule has 100 valence electrons. The maximum absolute atomic E-state index is 11.8. The van der Waals surface area contributed by atoms with Gasteiger partial charge < -0.3 is 0 Å². The summed E-state index contributed by atoms with van der Waals surface area (Å²) in [6.07, 6.45) is 2.03. The normalized spacial score (nSPS) is 20.7. The summed E-state index contributed by atoms with van der Waals surface area (Å²) in [7, 11) is 1.62. The Morgan fingerprint density at radius 2 is 2.33 bits per heavy atom. The number of hydrogen-bond donors (Lipinski definition) is 0. The van der Waals surface area contributed by atoms with Crippen LogP contribution in [0, 0.1) is 5.92 Å². The van der Waals surface area contributed by atoms with Gasteiger partial charge in [-0.3, -0.25) is 9.69 Å². The Bertz CT molecular complexity index is 559. The van der Waals surface area contributed by atoms with Crippen LogP contribution < -0.4 is 4.90 Å². The first-order valence-corrected chi connectivity index (χ1v) is 9.47. The Morgan fingerprint density at radius 3 is 2.89 bits per heavy atom. The molecule has 0 aromatic carbocycles. The predicted molar refractivity (Wildman–Crippen MR) is 71.8 cm³/mol. The predicted octanol–water partition coefficient (Wildman–Crippen LogP) is 1.18. The SMILES string of the molecule is CSc1nsc(N2CC(CS(=O)(=O)Cl)CC2=O)n1. The number of thioether (sulfide) groups is 1. The second-order valence-corrected chi connectivity index (χ2v) is 8.17. The zero-order valence-corrected chi connectivity index (χ0v) is 12.6. The molecular formula is C8H10ClN3O3S3. The fourth-order valence-electron chi connectivity index (χ4n) is 1.75. The van der Waals surface area contributed by atoms with Crippen molar-refractivity contribution in [2.75, 3.05) is 23.5 Å². The van der Waals surface area contributed by atoms with Crippen LogP contribution in [0.1, 0.15) is 6.42 Å². The molecule has 10 heteroatoms. The first-order chi connectivity index (χ1) is 8.39. The highest BCUT2D eigenvalue weighted by Gasteiger charge is 2.34. The molecule has 1 fully saturated rings. The van der Waals surface area contributed by atoms with E-state index in [2.05, 4.69) is 9.36 Å². The van der Waals surface area contributed by atoms with Gasteiger partial charge in [0.2, 0.25) is 25.2 Å². The Morgan fingerprint density at radius 1 is 1.61 bits per heavy atom. The molecule has 0 spiro atoms. The maximum Gasteiger partial charge on any atom is 0.232 e. The number of anilines is 1. The number of carbonyl (C=O) groups is 1. The van der Waals surface area contributed by atoms with Crippen LogP contribution in [0.2, 0.25) is 0 Å². The Labute approximate surface area is 117 Å². The largest absolute Gasteiger partial charge is 0.287 e. The lowest BCUT2D eigenvalue weighted by Crippen LogP contribution is -2.25. The number of nitrogens with zero attached hydrogens (tertiary/aromatic N) is 3. The van der Waals surface area contributed by atoms with Crippen molar-refractivity contribution in [1.29, 1.82) is 0 Å². The van der Waals surface area contributed by atoms with E-state index in [9.17, 15) is 13.2 Å². The van der Waals surface area contributed by atoms with Crippen molar-refractivity contribution in [2.45, 2.75) is 11.6 Å². The highest BCUT2D eigenvalue weighted by atomic mass is 35.7. The summed E-state index contributed by atoms with van der Waals surface area (Å²) in [6, 6.07) is 0. The summed E-state index contributed by atoms with van der Waals surface area (Å²) in [5, 5.41) is 1.12. The Hall–Kier alpha value is -0.380. The molecule has 1 atom stereocenters. The van der Waals surface area contributed by atoms with Crippen LogP contribution in [0.25, 0.3) is 0 Å². The van der Waals surface area contributed by atoms with Crippen LogP contribution in [0.4, 0.5) is 5.13 Å². The van der Waals surface area contributed by atoms with Gasteiger partial charge >= 0.3 is 0 Å². The zero-order chi connectivity index (χ0) is 13.3. The molecule has 1 unspecified atom stereocenters. The monoisotopic (exact) mass is 327 g/mol. The van der Waals surface area contributed by atoms with Gasteiger partial charge in [-0.15, -0.1) is 0 Å². The van der Waals surface area contributed by atoms with Crippen molar-refractivity contribution in [2.24, 2.45) is 5.92 Å². The summed E-state index contributed by atoms with van der Waals surface area (Å²) in [6.45, 7) is 0.327. The molecule has 0 saturated carbocycles. The molecule has 0 radical (unpaired) electrons. The molecule has 1 aromatic heterocycles. The lowest BCUT2D eigenvalue weighted by molar-refractivity contribution is -0.117. The van der Waals surface area contributed by atoms with E-state index in [1.807, 2.05) is 6.26 Å². The van der Waals surface area contributed by atoms with Crippen LogP contribution in [0.5, 0.6) is 0 Å². The van der Waals surface area contributed by atoms with Gasteiger partial charge in [0.1, 0.15) is 0 Å². The van der Waals surface area contributed by atoms with E-state index >= 15 is 0 Å². The third-order valence-corrected chi connectivity index (χ3v) is 5.10. The van der Waals surface area contributed by atoms with Gasteiger partial charge in [0.25, 0.3) is 0 Å². The first kappa shape index (κ1) is 14.0. The maximum atomic E-state index is 11.8. The van der Waals surface area contributed by atoms with E-state index in [4.69, 9.17) is 10.7 Å². The van der Waals surface area contributed by atoms with Crippen molar-refractivity contribution in [3.63, 3.8) is 0 Å². The summed E-state index contributed by atoms with van der Waals surface area (Å²) in [5.74, 6) is -0.601. The minimum absolute atomic E-state index is 0.135. The molecule has 1 aromatic rings. The van der Waals surface area contributed by atoms with E-state index < -0.39 is 9.05 Å². The third-order valence-electron chi connectivity index (χ3n) is 2.45. The van der Waals surface area contributed by atoms with Crippen molar-refractivity contribution in [3.8, 4) is 0 Å². The number of halogens is 1. The minimum atomic E-state index is -3.58. The molecular weight excluding hydrogens is 318 g/mol. The van der Waals surface area contributed by atoms with E-state index in [1.165, 1.54) is 16.7 Å². The average Bonchev–Trinajstić information content (AvgIpc) is 2.82. The minimum Gasteiger partial charge on any atom is -0.287 e. The molecule has 1 aliphatic rings. The average molecular weight is 328 g/mol. The second-order valence-electron chi connectivity index (χ2n) is 3.84. The molecule has 1 aliphatic heterocycles. The summed E-state index contributed by atoms with van der Waals surface area (Å²) in [5.41, 5.74) is 0. The van der Waals surface area contributed by atoms with E-state index in [1.54, 1.807) is 0 Å². The number of amides is 1. The van der Waals surface area contributed by atoms with E-state index in [0.717, 1.165) is 11.5 Å². The van der Waals surface area contributed by atoms with Gasteiger partial charge in [-0.05, 0) is 6.26 Å². The summed E-state index contributed by atoms with van der Waals surface area (Å²) >= 11 is 2.53. The van der Waals surface area contributed by atoms with Gasteiger partial charge in [0.15, 0.2) is 0 Å². The molecule has 1 amide bonds. The van der Waals surface area contributed by atoms with Crippen molar-refractivity contribution in [3.05, 3.63) is 0 Å². The fraction of sp³-hybridized carbons (Fsp3) is 0.625. The molecule has 2 heterocycles.